The molecular formula is C19H26O8. The molecule has 1 saturated heterocycles. The smallest absolute Gasteiger partial charge is 0.303 e. The van der Waals surface area contributed by atoms with Crippen LogP contribution in [0.3, 0.4) is 0 Å². The Hall–Kier alpha value is -1.93. The number of fused-ring (bicyclic) bond motifs is 1. The van der Waals surface area contributed by atoms with Gasteiger partial charge in [0.15, 0.2) is 18.3 Å². The molecular weight excluding hydrogens is 356 g/mol. The van der Waals surface area contributed by atoms with Crippen molar-refractivity contribution in [3.8, 4) is 0 Å². The molecule has 0 spiro atoms. The van der Waals surface area contributed by atoms with Gasteiger partial charge in [0.1, 0.15) is 11.2 Å². The van der Waals surface area contributed by atoms with Crippen LogP contribution in [0.15, 0.2) is 12.2 Å². The number of hydrogen-bond acceptors (Lipinski definition) is 8. The van der Waals surface area contributed by atoms with Crippen molar-refractivity contribution in [1.29, 1.82) is 0 Å². The number of aliphatic hydroxyl groups is 1. The van der Waals surface area contributed by atoms with Gasteiger partial charge >= 0.3 is 17.9 Å². The highest BCUT2D eigenvalue weighted by Crippen LogP contribution is 2.58. The van der Waals surface area contributed by atoms with Crippen LogP contribution in [-0.4, -0.2) is 58.6 Å². The van der Waals surface area contributed by atoms with E-state index in [0.29, 0.717) is 12.8 Å². The Labute approximate surface area is 157 Å². The second-order valence-electron chi connectivity index (χ2n) is 7.51. The van der Waals surface area contributed by atoms with Crippen LogP contribution in [-0.2, 0) is 33.3 Å². The molecule has 1 heterocycles. The fourth-order valence-corrected chi connectivity index (χ4v) is 4.94. The van der Waals surface area contributed by atoms with E-state index in [9.17, 15) is 19.5 Å². The van der Waals surface area contributed by atoms with Crippen molar-refractivity contribution in [2.45, 2.75) is 82.6 Å². The molecule has 1 saturated carbocycles. The van der Waals surface area contributed by atoms with Crippen LogP contribution in [0.2, 0.25) is 0 Å². The third-order valence-corrected chi connectivity index (χ3v) is 5.65. The zero-order valence-electron chi connectivity index (χ0n) is 16.0. The minimum absolute atomic E-state index is 0.288. The maximum atomic E-state index is 11.9. The second kappa shape index (κ2) is 6.91. The summed E-state index contributed by atoms with van der Waals surface area (Å²) in [5.41, 5.74) is -2.68. The van der Waals surface area contributed by atoms with E-state index in [-0.39, 0.29) is 12.5 Å². The zero-order chi connectivity index (χ0) is 20.0. The van der Waals surface area contributed by atoms with E-state index in [1.165, 1.54) is 20.8 Å². The molecule has 0 radical (unpaired) electrons. The summed E-state index contributed by atoms with van der Waals surface area (Å²) in [5, 5.41) is 11.7. The van der Waals surface area contributed by atoms with Gasteiger partial charge in [-0.05, 0) is 6.42 Å². The summed E-state index contributed by atoms with van der Waals surface area (Å²) in [6.45, 7) is 5.63. The third kappa shape index (κ3) is 3.04. The van der Waals surface area contributed by atoms with Crippen LogP contribution in [0.4, 0.5) is 0 Å². The molecule has 3 aliphatic rings. The normalized spacial score (nSPS) is 41.7. The number of carbonyl (C=O) groups excluding carboxylic acids is 3. The molecule has 1 aliphatic heterocycles. The highest BCUT2D eigenvalue weighted by Gasteiger charge is 2.75. The Morgan fingerprint density at radius 2 is 1.63 bits per heavy atom. The molecule has 8 nitrogen and oxygen atoms in total. The number of rotatable bonds is 5. The van der Waals surface area contributed by atoms with E-state index in [0.717, 1.165) is 0 Å². The molecule has 0 aromatic heterocycles. The van der Waals surface area contributed by atoms with Crippen molar-refractivity contribution in [2.24, 2.45) is 5.92 Å². The van der Waals surface area contributed by atoms with E-state index in [1.54, 1.807) is 6.08 Å². The van der Waals surface area contributed by atoms with Gasteiger partial charge in [0.05, 0.1) is 6.10 Å². The van der Waals surface area contributed by atoms with Gasteiger partial charge < -0.3 is 24.1 Å². The average Bonchev–Trinajstić information content (AvgIpc) is 2.79. The van der Waals surface area contributed by atoms with Crippen molar-refractivity contribution in [3.63, 3.8) is 0 Å². The molecule has 2 fully saturated rings. The topological polar surface area (TPSA) is 108 Å². The summed E-state index contributed by atoms with van der Waals surface area (Å²) in [4.78, 5) is 35.4. The largest absolute Gasteiger partial charge is 0.458 e. The van der Waals surface area contributed by atoms with Crippen molar-refractivity contribution in [2.75, 3.05) is 0 Å². The van der Waals surface area contributed by atoms with Crippen LogP contribution in [0, 0.1) is 5.92 Å². The van der Waals surface area contributed by atoms with Crippen molar-refractivity contribution in [1.82, 2.24) is 0 Å². The minimum atomic E-state index is -1.42. The lowest BCUT2D eigenvalue weighted by Crippen LogP contribution is -2.74. The first-order valence-electron chi connectivity index (χ1n) is 9.25. The predicted molar refractivity (Wildman–Crippen MR) is 91.4 cm³/mol. The molecule has 0 aromatic carbocycles. The molecule has 27 heavy (non-hydrogen) atoms. The first-order chi connectivity index (χ1) is 12.6. The van der Waals surface area contributed by atoms with Gasteiger partial charge in [-0.2, -0.15) is 0 Å². The van der Waals surface area contributed by atoms with Crippen LogP contribution < -0.4 is 0 Å². The quantitative estimate of drug-likeness (QED) is 0.427. The monoisotopic (exact) mass is 382 g/mol. The fraction of sp³-hybridized carbons (Fsp3) is 0.737. The summed E-state index contributed by atoms with van der Waals surface area (Å²) in [7, 11) is 0. The predicted octanol–water partition coefficient (Wildman–Crippen LogP) is 1.04. The lowest BCUT2D eigenvalue weighted by atomic mass is 9.58. The summed E-state index contributed by atoms with van der Waals surface area (Å²) >= 11 is 0. The Balaban J connectivity index is 2.17. The molecule has 3 rings (SSSR count). The van der Waals surface area contributed by atoms with Crippen LogP contribution in [0.25, 0.3) is 0 Å². The van der Waals surface area contributed by atoms with Crippen molar-refractivity contribution in [3.05, 3.63) is 12.2 Å². The first kappa shape index (κ1) is 19.8. The average molecular weight is 382 g/mol. The standard InChI is InChI=1S/C19H26O8/c1-5-8-19-17(26-12(4)22)16(25-11(3)21)15(24-10(2)20)14-7-6-13(27-19)9-18(14,19)23/h6-7,13-17,23H,5,8-9H2,1-4H3/t13-,14-,15+,16+,17-,18+,19+/m0/s1. The molecule has 8 heteroatoms. The zero-order valence-corrected chi connectivity index (χ0v) is 16.0. The van der Waals surface area contributed by atoms with Gasteiger partial charge in [0.2, 0.25) is 0 Å². The number of ether oxygens (including phenoxy) is 4. The van der Waals surface area contributed by atoms with E-state index in [4.69, 9.17) is 18.9 Å². The molecule has 7 atom stereocenters. The Morgan fingerprint density at radius 3 is 2.19 bits per heavy atom. The van der Waals surface area contributed by atoms with Crippen molar-refractivity contribution < 1.29 is 38.4 Å². The minimum Gasteiger partial charge on any atom is -0.458 e. The van der Waals surface area contributed by atoms with Crippen LogP contribution >= 0.6 is 0 Å². The highest BCUT2D eigenvalue weighted by atomic mass is 16.6. The van der Waals surface area contributed by atoms with Gasteiger partial charge in [-0.1, -0.05) is 25.5 Å². The molecule has 150 valence electrons. The molecule has 1 N–H and O–H groups in total. The van der Waals surface area contributed by atoms with Gasteiger partial charge in [0, 0.05) is 33.1 Å². The lowest BCUT2D eigenvalue weighted by Gasteiger charge is -2.56. The van der Waals surface area contributed by atoms with E-state index in [2.05, 4.69) is 0 Å². The maximum absolute atomic E-state index is 11.9. The summed E-state index contributed by atoms with van der Waals surface area (Å²) < 4.78 is 22.7. The summed E-state index contributed by atoms with van der Waals surface area (Å²) in [6.07, 6.45) is 1.34. The lowest BCUT2D eigenvalue weighted by molar-refractivity contribution is -0.284. The van der Waals surface area contributed by atoms with E-state index in [1.807, 2.05) is 13.0 Å². The highest BCUT2D eigenvalue weighted by molar-refractivity contribution is 5.69. The molecule has 0 aromatic rings. The Bertz CT molecular complexity index is 673. The van der Waals surface area contributed by atoms with Gasteiger partial charge in [-0.3, -0.25) is 14.4 Å². The number of esters is 3. The van der Waals surface area contributed by atoms with E-state index < -0.39 is 53.3 Å². The number of carbonyl (C=O) groups is 3. The van der Waals surface area contributed by atoms with Gasteiger partial charge in [-0.15, -0.1) is 0 Å². The Kier molecular flexibility index (Phi) is 5.07. The van der Waals surface area contributed by atoms with Gasteiger partial charge in [-0.25, -0.2) is 0 Å². The SMILES string of the molecule is CCC[C@@]12O[C@H]3C=C[C@@H]([C@@H](OC(C)=O)[C@@H](OC(C)=O)[C@@H]1OC(C)=O)[C@]2(O)C3. The number of hydrogen-bond donors (Lipinski definition) is 1. The molecule has 0 amide bonds. The summed E-state index contributed by atoms with van der Waals surface area (Å²) in [5.74, 6) is -2.44. The second-order valence-corrected chi connectivity index (χ2v) is 7.51. The van der Waals surface area contributed by atoms with Crippen LogP contribution in [0.5, 0.6) is 0 Å². The van der Waals surface area contributed by atoms with Gasteiger partial charge in [0.25, 0.3) is 0 Å². The third-order valence-electron chi connectivity index (χ3n) is 5.65. The first-order valence-corrected chi connectivity index (χ1v) is 9.25. The molecule has 0 unspecified atom stereocenters. The van der Waals surface area contributed by atoms with Crippen LogP contribution in [0.1, 0.15) is 47.0 Å². The molecule has 2 aliphatic carbocycles. The molecule has 2 bridgehead atoms. The summed E-state index contributed by atoms with van der Waals surface area (Å²) in [6, 6.07) is 0. The fourth-order valence-electron chi connectivity index (χ4n) is 4.94. The van der Waals surface area contributed by atoms with Crippen molar-refractivity contribution >= 4 is 17.9 Å². The Morgan fingerprint density at radius 1 is 1.04 bits per heavy atom. The maximum Gasteiger partial charge on any atom is 0.303 e. The van der Waals surface area contributed by atoms with E-state index >= 15 is 0 Å².